The Kier molecular flexibility index (Phi) is 5.40. The quantitative estimate of drug-likeness (QED) is 0.791. The standard InChI is InChI=1S/C17H29N/c1-5-11-17(12-13-18,16(2,3)4)14-15-9-7-6-8-10-15/h6-10H,5,11-14,18H2,1-4H3. The Morgan fingerprint density at radius 1 is 1.00 bits per heavy atom. The zero-order valence-corrected chi connectivity index (χ0v) is 12.5. The molecule has 1 nitrogen and oxygen atoms in total. The number of benzene rings is 1. The topological polar surface area (TPSA) is 26.0 Å². The molecule has 0 bridgehead atoms. The molecule has 1 rings (SSSR count). The summed E-state index contributed by atoms with van der Waals surface area (Å²) in [6.07, 6.45) is 4.73. The van der Waals surface area contributed by atoms with Crippen molar-refractivity contribution in [3.05, 3.63) is 35.9 Å². The fraction of sp³-hybridized carbons (Fsp3) is 0.647. The second-order valence-corrected chi connectivity index (χ2v) is 6.48. The molecule has 0 saturated carbocycles. The lowest BCUT2D eigenvalue weighted by atomic mass is 9.59. The van der Waals surface area contributed by atoms with Crippen LogP contribution in [0.4, 0.5) is 0 Å². The van der Waals surface area contributed by atoms with Gasteiger partial charge >= 0.3 is 0 Å². The second-order valence-electron chi connectivity index (χ2n) is 6.48. The summed E-state index contributed by atoms with van der Waals surface area (Å²) in [5.74, 6) is 0. The van der Waals surface area contributed by atoms with E-state index >= 15 is 0 Å². The van der Waals surface area contributed by atoms with Crippen LogP contribution in [0.3, 0.4) is 0 Å². The summed E-state index contributed by atoms with van der Waals surface area (Å²) in [5.41, 5.74) is 7.94. The monoisotopic (exact) mass is 247 g/mol. The Morgan fingerprint density at radius 2 is 1.61 bits per heavy atom. The van der Waals surface area contributed by atoms with E-state index < -0.39 is 0 Å². The van der Waals surface area contributed by atoms with E-state index in [2.05, 4.69) is 58.0 Å². The first-order valence-electron chi connectivity index (χ1n) is 7.19. The highest BCUT2D eigenvalue weighted by molar-refractivity contribution is 5.17. The lowest BCUT2D eigenvalue weighted by Crippen LogP contribution is -2.39. The van der Waals surface area contributed by atoms with E-state index in [1.165, 1.54) is 18.4 Å². The van der Waals surface area contributed by atoms with Crippen molar-refractivity contribution in [3.63, 3.8) is 0 Å². The van der Waals surface area contributed by atoms with E-state index in [0.29, 0.717) is 5.41 Å². The van der Waals surface area contributed by atoms with Crippen LogP contribution in [-0.4, -0.2) is 6.54 Å². The molecular weight excluding hydrogens is 218 g/mol. The van der Waals surface area contributed by atoms with E-state index in [9.17, 15) is 0 Å². The molecule has 1 aromatic rings. The molecule has 0 fully saturated rings. The first-order chi connectivity index (χ1) is 8.45. The van der Waals surface area contributed by atoms with Gasteiger partial charge in [-0.3, -0.25) is 0 Å². The lowest BCUT2D eigenvalue weighted by Gasteiger charge is -2.45. The summed E-state index contributed by atoms with van der Waals surface area (Å²) in [5, 5.41) is 0. The largest absolute Gasteiger partial charge is 0.330 e. The molecule has 2 N–H and O–H groups in total. The van der Waals surface area contributed by atoms with Gasteiger partial charge in [-0.15, -0.1) is 0 Å². The summed E-state index contributed by atoms with van der Waals surface area (Å²) in [6.45, 7) is 10.1. The highest BCUT2D eigenvalue weighted by Gasteiger charge is 2.40. The van der Waals surface area contributed by atoms with Crippen molar-refractivity contribution in [2.45, 2.75) is 53.4 Å². The molecule has 0 spiro atoms. The minimum atomic E-state index is 0.290. The van der Waals surface area contributed by atoms with E-state index in [1.807, 2.05) is 0 Å². The third-order valence-electron chi connectivity index (χ3n) is 4.33. The van der Waals surface area contributed by atoms with Crippen molar-refractivity contribution in [1.29, 1.82) is 0 Å². The minimum Gasteiger partial charge on any atom is -0.330 e. The van der Waals surface area contributed by atoms with Crippen molar-refractivity contribution < 1.29 is 0 Å². The van der Waals surface area contributed by atoms with Gasteiger partial charge in [-0.25, -0.2) is 0 Å². The Balaban J connectivity index is 3.02. The summed E-state index contributed by atoms with van der Waals surface area (Å²) in [6, 6.07) is 10.8. The molecule has 0 aliphatic rings. The summed E-state index contributed by atoms with van der Waals surface area (Å²) >= 11 is 0. The SMILES string of the molecule is CCCC(CCN)(Cc1ccccc1)C(C)(C)C. The zero-order chi connectivity index (χ0) is 13.6. The van der Waals surface area contributed by atoms with Crippen LogP contribution in [-0.2, 0) is 6.42 Å². The highest BCUT2D eigenvalue weighted by Crippen LogP contribution is 2.47. The molecule has 18 heavy (non-hydrogen) atoms. The van der Waals surface area contributed by atoms with Crippen molar-refractivity contribution in [3.8, 4) is 0 Å². The molecule has 1 aromatic carbocycles. The van der Waals surface area contributed by atoms with Crippen LogP contribution in [0.1, 0.15) is 52.5 Å². The van der Waals surface area contributed by atoms with Crippen LogP contribution >= 0.6 is 0 Å². The Labute approximate surface area is 113 Å². The van der Waals surface area contributed by atoms with Crippen LogP contribution in [0.15, 0.2) is 30.3 Å². The van der Waals surface area contributed by atoms with Gasteiger partial charge in [-0.05, 0) is 42.2 Å². The number of hydrogen-bond donors (Lipinski definition) is 1. The summed E-state index contributed by atoms with van der Waals surface area (Å²) in [4.78, 5) is 0. The molecule has 0 saturated heterocycles. The van der Waals surface area contributed by atoms with Crippen molar-refractivity contribution in [2.75, 3.05) is 6.54 Å². The van der Waals surface area contributed by atoms with Gasteiger partial charge in [0.15, 0.2) is 0 Å². The van der Waals surface area contributed by atoms with Crippen molar-refractivity contribution in [2.24, 2.45) is 16.6 Å². The maximum Gasteiger partial charge on any atom is -0.00717 e. The van der Waals surface area contributed by atoms with Gasteiger partial charge in [0.2, 0.25) is 0 Å². The maximum absolute atomic E-state index is 5.90. The molecular formula is C17H29N. The van der Waals surface area contributed by atoms with Crippen molar-refractivity contribution >= 4 is 0 Å². The molecule has 0 aromatic heterocycles. The van der Waals surface area contributed by atoms with Crippen LogP contribution < -0.4 is 5.73 Å². The predicted octanol–water partition coefficient (Wildman–Crippen LogP) is 4.41. The Bertz CT molecular complexity index is 328. The van der Waals surface area contributed by atoms with Gasteiger partial charge in [0, 0.05) is 0 Å². The van der Waals surface area contributed by atoms with Gasteiger partial charge in [-0.1, -0.05) is 64.4 Å². The molecule has 0 heterocycles. The van der Waals surface area contributed by atoms with Crippen LogP contribution in [0, 0.1) is 10.8 Å². The molecule has 0 aliphatic carbocycles. The van der Waals surface area contributed by atoms with E-state index in [0.717, 1.165) is 19.4 Å². The fourth-order valence-corrected chi connectivity index (χ4v) is 3.06. The minimum absolute atomic E-state index is 0.290. The fourth-order valence-electron chi connectivity index (χ4n) is 3.06. The molecule has 0 radical (unpaired) electrons. The molecule has 1 heteroatoms. The predicted molar refractivity (Wildman–Crippen MR) is 80.6 cm³/mol. The Hall–Kier alpha value is -0.820. The van der Waals surface area contributed by atoms with Gasteiger partial charge in [0.05, 0.1) is 0 Å². The summed E-state index contributed by atoms with van der Waals surface area (Å²) in [7, 11) is 0. The third kappa shape index (κ3) is 3.58. The van der Waals surface area contributed by atoms with Crippen LogP contribution in [0.2, 0.25) is 0 Å². The first-order valence-corrected chi connectivity index (χ1v) is 7.19. The average Bonchev–Trinajstić information content (AvgIpc) is 2.29. The molecule has 0 amide bonds. The number of hydrogen-bond acceptors (Lipinski definition) is 1. The number of nitrogens with two attached hydrogens (primary N) is 1. The van der Waals surface area contributed by atoms with Crippen LogP contribution in [0.25, 0.3) is 0 Å². The summed E-state index contributed by atoms with van der Waals surface area (Å²) < 4.78 is 0. The first kappa shape index (κ1) is 15.2. The second kappa shape index (κ2) is 6.38. The van der Waals surface area contributed by atoms with Gasteiger partial charge in [0.25, 0.3) is 0 Å². The van der Waals surface area contributed by atoms with Crippen molar-refractivity contribution in [1.82, 2.24) is 0 Å². The Morgan fingerprint density at radius 3 is 2.06 bits per heavy atom. The zero-order valence-electron chi connectivity index (χ0n) is 12.5. The molecule has 1 unspecified atom stereocenters. The normalized spacial score (nSPS) is 15.4. The number of rotatable bonds is 6. The van der Waals surface area contributed by atoms with E-state index in [4.69, 9.17) is 5.73 Å². The molecule has 102 valence electrons. The van der Waals surface area contributed by atoms with Gasteiger partial charge < -0.3 is 5.73 Å². The highest BCUT2D eigenvalue weighted by atomic mass is 14.6. The van der Waals surface area contributed by atoms with Crippen LogP contribution in [0.5, 0.6) is 0 Å². The third-order valence-corrected chi connectivity index (χ3v) is 4.33. The van der Waals surface area contributed by atoms with E-state index in [1.54, 1.807) is 0 Å². The maximum atomic E-state index is 5.90. The average molecular weight is 247 g/mol. The molecule has 1 atom stereocenters. The van der Waals surface area contributed by atoms with Gasteiger partial charge in [0.1, 0.15) is 0 Å². The van der Waals surface area contributed by atoms with Gasteiger partial charge in [-0.2, -0.15) is 0 Å². The smallest absolute Gasteiger partial charge is 0.00717 e. The van der Waals surface area contributed by atoms with E-state index in [-0.39, 0.29) is 5.41 Å². The lowest BCUT2D eigenvalue weighted by molar-refractivity contribution is 0.0644. The molecule has 0 aliphatic heterocycles.